The first kappa shape index (κ1) is 7.54. The van der Waals surface area contributed by atoms with Crippen LogP contribution < -0.4 is 0 Å². The highest BCUT2D eigenvalue weighted by atomic mass is 16.6. The van der Waals surface area contributed by atoms with Gasteiger partial charge in [-0.3, -0.25) is 9.59 Å². The van der Waals surface area contributed by atoms with Crippen LogP contribution in [0.4, 0.5) is 0 Å². The average Bonchev–Trinajstić information content (AvgIpc) is 2.52. The molecular formula is C10H12O3. The van der Waals surface area contributed by atoms with Gasteiger partial charge in [0.1, 0.15) is 0 Å². The first-order valence-electron chi connectivity index (χ1n) is 4.90. The van der Waals surface area contributed by atoms with Crippen LogP contribution in [-0.4, -0.2) is 11.9 Å². The lowest BCUT2D eigenvalue weighted by Crippen LogP contribution is -2.22. The van der Waals surface area contributed by atoms with Crippen molar-refractivity contribution in [3.8, 4) is 0 Å². The van der Waals surface area contributed by atoms with Gasteiger partial charge in [0.15, 0.2) is 0 Å². The second-order valence-corrected chi connectivity index (χ2v) is 4.58. The zero-order chi connectivity index (χ0) is 9.16. The van der Waals surface area contributed by atoms with Gasteiger partial charge in [-0.15, -0.1) is 0 Å². The van der Waals surface area contributed by atoms with Crippen LogP contribution in [-0.2, 0) is 14.3 Å². The van der Waals surface area contributed by atoms with Crippen LogP contribution in [0, 0.1) is 29.6 Å². The van der Waals surface area contributed by atoms with E-state index >= 15 is 0 Å². The van der Waals surface area contributed by atoms with Crippen molar-refractivity contribution in [2.75, 3.05) is 0 Å². The lowest BCUT2D eigenvalue weighted by molar-refractivity contribution is -0.162. The zero-order valence-electron chi connectivity index (χ0n) is 7.53. The smallest absolute Gasteiger partial charge is 0.317 e. The summed E-state index contributed by atoms with van der Waals surface area (Å²) in [5.74, 6) is 2.06. The molecule has 0 saturated heterocycles. The third-order valence-corrected chi connectivity index (χ3v) is 3.99. The Balaban J connectivity index is 1.74. The van der Waals surface area contributed by atoms with E-state index in [1.165, 1.54) is 19.8 Å². The number of carbonyl (C=O) groups is 2. The second kappa shape index (κ2) is 2.14. The molecule has 0 heterocycles. The van der Waals surface area contributed by atoms with Crippen molar-refractivity contribution in [3.05, 3.63) is 0 Å². The van der Waals surface area contributed by atoms with E-state index in [1.807, 2.05) is 0 Å². The van der Waals surface area contributed by atoms with Crippen LogP contribution in [0.25, 0.3) is 0 Å². The van der Waals surface area contributed by atoms with Crippen molar-refractivity contribution in [3.63, 3.8) is 0 Å². The third-order valence-electron chi connectivity index (χ3n) is 3.99. The van der Waals surface area contributed by atoms with Crippen molar-refractivity contribution in [2.24, 2.45) is 29.6 Å². The van der Waals surface area contributed by atoms with E-state index in [0.717, 1.165) is 11.8 Å². The van der Waals surface area contributed by atoms with E-state index in [0.29, 0.717) is 11.8 Å². The van der Waals surface area contributed by atoms with Crippen LogP contribution in [0.15, 0.2) is 0 Å². The molecule has 0 spiro atoms. The third kappa shape index (κ3) is 0.847. The van der Waals surface area contributed by atoms with Gasteiger partial charge in [-0.25, -0.2) is 0 Å². The zero-order valence-corrected chi connectivity index (χ0v) is 7.53. The Kier molecular flexibility index (Phi) is 1.24. The molecule has 0 aromatic heterocycles. The molecular weight excluding hydrogens is 168 g/mol. The quantitative estimate of drug-likeness (QED) is 0.446. The number of hydrogen-bond acceptors (Lipinski definition) is 3. The highest BCUT2D eigenvalue weighted by Gasteiger charge is 2.70. The van der Waals surface area contributed by atoms with Crippen LogP contribution in [0.2, 0.25) is 0 Å². The molecule has 4 fully saturated rings. The van der Waals surface area contributed by atoms with Gasteiger partial charge in [-0.05, 0) is 36.5 Å². The van der Waals surface area contributed by atoms with Crippen molar-refractivity contribution >= 4 is 11.9 Å². The summed E-state index contributed by atoms with van der Waals surface area (Å²) in [5.41, 5.74) is 0. The van der Waals surface area contributed by atoms with Gasteiger partial charge >= 0.3 is 11.9 Å². The van der Waals surface area contributed by atoms with E-state index < -0.39 is 5.97 Å². The van der Waals surface area contributed by atoms with Crippen molar-refractivity contribution in [1.29, 1.82) is 0 Å². The summed E-state index contributed by atoms with van der Waals surface area (Å²) in [6.07, 6.45) is 2.40. The highest BCUT2D eigenvalue weighted by molar-refractivity contribution is 5.86. The van der Waals surface area contributed by atoms with E-state index in [9.17, 15) is 9.59 Å². The second-order valence-electron chi connectivity index (χ2n) is 4.58. The fraction of sp³-hybridized carbons (Fsp3) is 0.800. The molecule has 4 aliphatic carbocycles. The molecule has 0 radical (unpaired) electrons. The first-order chi connectivity index (χ1) is 6.18. The van der Waals surface area contributed by atoms with Gasteiger partial charge in [0, 0.05) is 6.92 Å². The van der Waals surface area contributed by atoms with Gasteiger partial charge in [0.2, 0.25) is 0 Å². The summed E-state index contributed by atoms with van der Waals surface area (Å²) in [5, 5.41) is 0. The Bertz CT molecular complexity index is 283. The van der Waals surface area contributed by atoms with Crippen LogP contribution in [0.3, 0.4) is 0 Å². The maximum atomic E-state index is 11.5. The topological polar surface area (TPSA) is 43.4 Å². The van der Waals surface area contributed by atoms with E-state index in [2.05, 4.69) is 4.74 Å². The molecule has 3 heteroatoms. The van der Waals surface area contributed by atoms with Gasteiger partial charge in [0.05, 0.1) is 5.92 Å². The molecule has 4 rings (SSSR count). The molecule has 0 amide bonds. The molecule has 2 unspecified atom stereocenters. The summed E-state index contributed by atoms with van der Waals surface area (Å²) in [7, 11) is 0. The van der Waals surface area contributed by atoms with E-state index in [1.54, 1.807) is 0 Å². The van der Waals surface area contributed by atoms with Gasteiger partial charge in [-0.1, -0.05) is 0 Å². The Labute approximate surface area is 76.4 Å². The molecule has 13 heavy (non-hydrogen) atoms. The highest BCUT2D eigenvalue weighted by Crippen LogP contribution is 2.73. The minimum absolute atomic E-state index is 0.0684. The van der Waals surface area contributed by atoms with Crippen molar-refractivity contribution in [2.45, 2.75) is 19.8 Å². The maximum Gasteiger partial charge on any atom is 0.317 e. The normalized spacial score (nSPS) is 49.2. The predicted molar refractivity (Wildman–Crippen MR) is 43.5 cm³/mol. The van der Waals surface area contributed by atoms with Gasteiger partial charge < -0.3 is 4.74 Å². The number of ether oxygens (including phenoxy) is 1. The molecule has 4 saturated carbocycles. The minimum atomic E-state index is -0.466. The Morgan fingerprint density at radius 2 is 1.85 bits per heavy atom. The predicted octanol–water partition coefficient (Wildman–Crippen LogP) is 0.978. The Morgan fingerprint density at radius 1 is 1.23 bits per heavy atom. The van der Waals surface area contributed by atoms with E-state index in [4.69, 9.17) is 0 Å². The van der Waals surface area contributed by atoms with Crippen molar-refractivity contribution < 1.29 is 14.3 Å². The average molecular weight is 180 g/mol. The molecule has 0 aromatic carbocycles. The first-order valence-corrected chi connectivity index (χ1v) is 4.90. The molecule has 4 aliphatic rings. The van der Waals surface area contributed by atoms with Gasteiger partial charge in [0.25, 0.3) is 0 Å². The molecule has 5 atom stereocenters. The lowest BCUT2D eigenvalue weighted by Gasteiger charge is -2.11. The fourth-order valence-electron chi connectivity index (χ4n) is 3.63. The summed E-state index contributed by atoms with van der Waals surface area (Å²) in [6.45, 7) is 1.29. The van der Waals surface area contributed by atoms with Gasteiger partial charge in [-0.2, -0.15) is 0 Å². The standard InChI is InChI=1S/C10H12O3/c1-4(11)13-10(12)8-5-2-6-7(3-5)9(6)8/h5-9H,2-3H2,1H3/t5?,6-,7+,8-,9?/m0/s1. The largest absolute Gasteiger partial charge is 0.393 e. The fourth-order valence-corrected chi connectivity index (χ4v) is 3.63. The minimum Gasteiger partial charge on any atom is -0.393 e. The summed E-state index contributed by atoms with van der Waals surface area (Å²) in [6, 6.07) is 0. The number of esters is 2. The molecule has 0 N–H and O–H groups in total. The van der Waals surface area contributed by atoms with Crippen LogP contribution >= 0.6 is 0 Å². The summed E-state index contributed by atoms with van der Waals surface area (Å²) >= 11 is 0. The Morgan fingerprint density at radius 3 is 2.23 bits per heavy atom. The molecule has 3 nitrogen and oxygen atoms in total. The molecule has 0 aromatic rings. The number of hydrogen-bond donors (Lipinski definition) is 0. The van der Waals surface area contributed by atoms with E-state index in [-0.39, 0.29) is 11.9 Å². The SMILES string of the molecule is CC(=O)OC(=O)[C@H]1C2C[C@@H]3C1[C@@H]3C2. The molecule has 4 bridgehead atoms. The van der Waals surface area contributed by atoms with Crippen LogP contribution in [0.1, 0.15) is 19.8 Å². The Hall–Kier alpha value is -0.860. The lowest BCUT2D eigenvalue weighted by atomic mass is 9.99. The van der Waals surface area contributed by atoms with Crippen molar-refractivity contribution in [1.82, 2.24) is 0 Å². The number of rotatable bonds is 1. The van der Waals surface area contributed by atoms with Crippen LogP contribution in [0.5, 0.6) is 0 Å². The summed E-state index contributed by atoms with van der Waals surface area (Å²) in [4.78, 5) is 22.1. The molecule has 0 aliphatic heterocycles. The summed E-state index contributed by atoms with van der Waals surface area (Å²) < 4.78 is 4.65. The monoisotopic (exact) mass is 180 g/mol. The molecule has 70 valence electrons. The maximum absolute atomic E-state index is 11.5. The number of carbonyl (C=O) groups excluding carboxylic acids is 2.